The Morgan fingerprint density at radius 1 is 1.32 bits per heavy atom. The zero-order valence-corrected chi connectivity index (χ0v) is 16.3. The molecule has 0 heterocycles. The molecule has 5 nitrogen and oxygen atoms in total. The summed E-state index contributed by atoms with van der Waals surface area (Å²) >= 11 is 6.06. The second-order valence-corrected chi connectivity index (χ2v) is 7.00. The fourth-order valence-electron chi connectivity index (χ4n) is 3.15. The Bertz CT molecular complexity index is 574. The predicted octanol–water partition coefficient (Wildman–Crippen LogP) is 3.61. The topological polar surface area (TPSA) is 54.9 Å². The lowest BCUT2D eigenvalue weighted by atomic mass is 9.67. The molecule has 0 saturated heterocycles. The summed E-state index contributed by atoms with van der Waals surface area (Å²) in [7, 11) is 3.56. The smallest absolute Gasteiger partial charge is 0.191 e. The van der Waals surface area contributed by atoms with Crippen LogP contribution in [-0.2, 0) is 11.3 Å². The average Bonchev–Trinajstić information content (AvgIpc) is 2.58. The highest BCUT2D eigenvalue weighted by atomic mass is 35.5. The van der Waals surface area contributed by atoms with Gasteiger partial charge in [0.15, 0.2) is 5.96 Å². The van der Waals surface area contributed by atoms with Gasteiger partial charge in [0.1, 0.15) is 5.75 Å². The molecule has 0 amide bonds. The lowest BCUT2D eigenvalue weighted by molar-refractivity contribution is 0.0732. The Hall–Kier alpha value is -1.46. The number of halogens is 1. The second-order valence-electron chi connectivity index (χ2n) is 6.56. The summed E-state index contributed by atoms with van der Waals surface area (Å²) < 4.78 is 10.9. The molecule has 2 rings (SSSR count). The minimum atomic E-state index is 0.352. The van der Waals surface area contributed by atoms with Crippen molar-refractivity contribution < 1.29 is 9.47 Å². The van der Waals surface area contributed by atoms with Gasteiger partial charge in [-0.15, -0.1) is 0 Å². The van der Waals surface area contributed by atoms with Gasteiger partial charge < -0.3 is 20.1 Å². The standard InChI is InChI=1S/C19H30ClN3O2/c1-4-25-17-12-16(20)7-6-15(17)13-22-18(21-2)23-14-19(8-5-9-19)10-11-24-3/h6-7,12H,4-5,8-11,13-14H2,1-3H3,(H2,21,22,23). The van der Waals surface area contributed by atoms with E-state index < -0.39 is 0 Å². The van der Waals surface area contributed by atoms with Gasteiger partial charge in [0, 0.05) is 44.4 Å². The van der Waals surface area contributed by atoms with Crippen molar-refractivity contribution in [2.24, 2.45) is 10.4 Å². The van der Waals surface area contributed by atoms with E-state index >= 15 is 0 Å². The summed E-state index contributed by atoms with van der Waals surface area (Å²) in [5.41, 5.74) is 1.41. The third-order valence-electron chi connectivity index (χ3n) is 4.88. The second kappa shape index (κ2) is 9.88. The van der Waals surface area contributed by atoms with Gasteiger partial charge in [-0.25, -0.2) is 0 Å². The van der Waals surface area contributed by atoms with E-state index in [0.717, 1.165) is 36.8 Å². The quantitative estimate of drug-likeness (QED) is 0.517. The number of methoxy groups -OCH3 is 1. The van der Waals surface area contributed by atoms with Gasteiger partial charge in [-0.1, -0.05) is 24.1 Å². The number of ether oxygens (including phenoxy) is 2. The van der Waals surface area contributed by atoms with Gasteiger partial charge in [-0.3, -0.25) is 4.99 Å². The summed E-state index contributed by atoms with van der Waals surface area (Å²) in [5, 5.41) is 7.52. The maximum Gasteiger partial charge on any atom is 0.191 e. The normalized spacial score (nSPS) is 16.2. The summed E-state index contributed by atoms with van der Waals surface area (Å²) in [4.78, 5) is 4.33. The van der Waals surface area contributed by atoms with E-state index in [0.29, 0.717) is 23.6 Å². The molecule has 1 aromatic rings. The summed E-state index contributed by atoms with van der Waals surface area (Å²) in [5.74, 6) is 1.62. The van der Waals surface area contributed by atoms with Crippen molar-refractivity contribution >= 4 is 17.6 Å². The molecule has 1 aromatic carbocycles. The van der Waals surface area contributed by atoms with Crippen LogP contribution in [0.5, 0.6) is 5.75 Å². The predicted molar refractivity (Wildman–Crippen MR) is 104 cm³/mol. The van der Waals surface area contributed by atoms with Crippen molar-refractivity contribution in [3.8, 4) is 5.75 Å². The number of rotatable bonds is 9. The highest BCUT2D eigenvalue weighted by molar-refractivity contribution is 6.30. The molecule has 0 aliphatic heterocycles. The van der Waals surface area contributed by atoms with Crippen molar-refractivity contribution in [2.75, 3.05) is 33.9 Å². The first kappa shape index (κ1) is 19.9. The van der Waals surface area contributed by atoms with E-state index in [1.54, 1.807) is 14.2 Å². The zero-order chi connectivity index (χ0) is 18.1. The van der Waals surface area contributed by atoms with Gasteiger partial charge >= 0.3 is 0 Å². The van der Waals surface area contributed by atoms with Crippen LogP contribution in [0.1, 0.15) is 38.2 Å². The van der Waals surface area contributed by atoms with Crippen molar-refractivity contribution in [1.82, 2.24) is 10.6 Å². The van der Waals surface area contributed by atoms with Crippen LogP contribution in [0.4, 0.5) is 0 Å². The first-order valence-electron chi connectivity index (χ1n) is 8.97. The van der Waals surface area contributed by atoms with E-state index in [4.69, 9.17) is 21.1 Å². The molecular weight excluding hydrogens is 338 g/mol. The molecule has 1 aliphatic rings. The molecule has 1 fully saturated rings. The number of hydrogen-bond donors (Lipinski definition) is 2. The molecule has 0 spiro atoms. The summed E-state index contributed by atoms with van der Waals surface area (Å²) in [6.45, 7) is 4.96. The molecule has 140 valence electrons. The first-order chi connectivity index (χ1) is 12.1. The van der Waals surface area contributed by atoms with E-state index in [2.05, 4.69) is 15.6 Å². The minimum absolute atomic E-state index is 0.352. The average molecular weight is 368 g/mol. The molecule has 0 aromatic heterocycles. The van der Waals surface area contributed by atoms with Crippen LogP contribution in [0, 0.1) is 5.41 Å². The van der Waals surface area contributed by atoms with Gasteiger partial charge in [-0.05, 0) is 43.7 Å². The third kappa shape index (κ3) is 5.79. The number of nitrogens with zero attached hydrogens (tertiary/aromatic N) is 1. The molecule has 1 aliphatic carbocycles. The number of aliphatic imine (C=N–C) groups is 1. The number of hydrogen-bond acceptors (Lipinski definition) is 3. The molecule has 0 radical (unpaired) electrons. The van der Waals surface area contributed by atoms with E-state index in [9.17, 15) is 0 Å². The SMILES string of the molecule is CCOc1cc(Cl)ccc1CNC(=NC)NCC1(CCOC)CCC1. The zero-order valence-electron chi connectivity index (χ0n) is 15.5. The first-order valence-corrected chi connectivity index (χ1v) is 9.35. The van der Waals surface area contributed by atoms with E-state index in [1.807, 2.05) is 25.1 Å². The van der Waals surface area contributed by atoms with Crippen LogP contribution < -0.4 is 15.4 Å². The Balaban J connectivity index is 1.88. The maximum absolute atomic E-state index is 6.06. The maximum atomic E-state index is 6.06. The summed E-state index contributed by atoms with van der Waals surface area (Å²) in [6, 6.07) is 5.72. The number of nitrogens with one attached hydrogen (secondary N) is 2. The molecule has 1 saturated carbocycles. The molecule has 0 bridgehead atoms. The Morgan fingerprint density at radius 3 is 2.72 bits per heavy atom. The van der Waals surface area contributed by atoms with Crippen molar-refractivity contribution in [2.45, 2.75) is 39.2 Å². The molecule has 0 atom stereocenters. The lowest BCUT2D eigenvalue weighted by Crippen LogP contribution is -2.46. The molecule has 6 heteroatoms. The van der Waals surface area contributed by atoms with Crippen LogP contribution in [-0.4, -0.2) is 39.9 Å². The van der Waals surface area contributed by atoms with Gasteiger partial charge in [0.2, 0.25) is 0 Å². The Morgan fingerprint density at radius 2 is 2.12 bits per heavy atom. The van der Waals surface area contributed by atoms with Crippen molar-refractivity contribution in [3.05, 3.63) is 28.8 Å². The number of guanidine groups is 1. The molecule has 2 N–H and O–H groups in total. The van der Waals surface area contributed by atoms with Crippen LogP contribution in [0.15, 0.2) is 23.2 Å². The minimum Gasteiger partial charge on any atom is -0.493 e. The van der Waals surface area contributed by atoms with Crippen LogP contribution >= 0.6 is 11.6 Å². The largest absolute Gasteiger partial charge is 0.493 e. The molecular formula is C19H30ClN3O2. The Kier molecular flexibility index (Phi) is 7.85. The van der Waals surface area contributed by atoms with Gasteiger partial charge in [0.05, 0.1) is 6.61 Å². The van der Waals surface area contributed by atoms with Crippen LogP contribution in [0.3, 0.4) is 0 Å². The summed E-state index contributed by atoms with van der Waals surface area (Å²) in [6.07, 6.45) is 4.91. The monoisotopic (exact) mass is 367 g/mol. The highest BCUT2D eigenvalue weighted by Gasteiger charge is 2.36. The van der Waals surface area contributed by atoms with E-state index in [-0.39, 0.29) is 0 Å². The molecule has 0 unspecified atom stereocenters. The molecule has 25 heavy (non-hydrogen) atoms. The Labute approximate surface area is 156 Å². The highest BCUT2D eigenvalue weighted by Crippen LogP contribution is 2.43. The number of benzene rings is 1. The fraction of sp³-hybridized carbons (Fsp3) is 0.632. The third-order valence-corrected chi connectivity index (χ3v) is 5.12. The van der Waals surface area contributed by atoms with Crippen molar-refractivity contribution in [3.63, 3.8) is 0 Å². The van der Waals surface area contributed by atoms with Crippen molar-refractivity contribution in [1.29, 1.82) is 0 Å². The van der Waals surface area contributed by atoms with Crippen LogP contribution in [0.2, 0.25) is 5.02 Å². The van der Waals surface area contributed by atoms with Crippen LogP contribution in [0.25, 0.3) is 0 Å². The van der Waals surface area contributed by atoms with E-state index in [1.165, 1.54) is 19.3 Å². The fourth-order valence-corrected chi connectivity index (χ4v) is 3.31. The van der Waals surface area contributed by atoms with Gasteiger partial charge in [-0.2, -0.15) is 0 Å². The lowest BCUT2D eigenvalue weighted by Gasteiger charge is -2.42. The van der Waals surface area contributed by atoms with Gasteiger partial charge in [0.25, 0.3) is 0 Å².